The molecule has 1 aliphatic rings. The number of allylic oxidation sites excluding steroid dienone is 2. The second-order valence-corrected chi connectivity index (χ2v) is 11.7. The Morgan fingerprint density at radius 2 is 1.53 bits per heavy atom. The van der Waals surface area contributed by atoms with Crippen molar-refractivity contribution in [3.63, 3.8) is 0 Å². The summed E-state index contributed by atoms with van der Waals surface area (Å²) in [6, 6.07) is 35.0. The minimum absolute atomic E-state index is 0.114. The fraction of sp³-hybridized carbons (Fsp3) is 0.143. The first-order valence-corrected chi connectivity index (χ1v) is 15.6. The van der Waals surface area contributed by atoms with E-state index in [1.54, 1.807) is 36.4 Å². The third-order valence-electron chi connectivity index (χ3n) is 7.36. The molecule has 216 valence electrons. The van der Waals surface area contributed by atoms with E-state index < -0.39 is 16.2 Å². The van der Waals surface area contributed by atoms with Crippen LogP contribution in [0.1, 0.15) is 41.1 Å². The zero-order valence-electron chi connectivity index (χ0n) is 23.3. The Bertz CT molecular complexity index is 1790. The van der Waals surface area contributed by atoms with Crippen LogP contribution in [0.3, 0.4) is 0 Å². The van der Waals surface area contributed by atoms with Gasteiger partial charge in [0, 0.05) is 22.3 Å². The third kappa shape index (κ3) is 6.76. The van der Waals surface area contributed by atoms with Crippen molar-refractivity contribution in [3.8, 4) is 28.3 Å². The number of carbonyl (C=O) groups is 1. The van der Waals surface area contributed by atoms with E-state index in [1.807, 2.05) is 71.5 Å². The van der Waals surface area contributed by atoms with Gasteiger partial charge in [-0.2, -0.15) is 8.42 Å². The van der Waals surface area contributed by atoms with E-state index in [0.29, 0.717) is 12.3 Å². The molecule has 0 radical (unpaired) electrons. The Labute approximate surface area is 251 Å². The first kappa shape index (κ1) is 28.2. The van der Waals surface area contributed by atoms with E-state index in [-0.39, 0.29) is 17.2 Å². The molecule has 1 N–H and O–H groups in total. The molecule has 1 aliphatic carbocycles. The van der Waals surface area contributed by atoms with Crippen LogP contribution in [0.25, 0.3) is 28.2 Å². The maximum Gasteiger partial charge on any atom is 0.409 e. The van der Waals surface area contributed by atoms with Gasteiger partial charge in [-0.3, -0.25) is 4.79 Å². The van der Waals surface area contributed by atoms with Crippen molar-refractivity contribution in [2.75, 3.05) is 0 Å². The number of carbonyl (C=O) groups excluding carboxylic acids is 1. The van der Waals surface area contributed by atoms with Gasteiger partial charge in [0.25, 0.3) is 5.91 Å². The largest absolute Gasteiger partial charge is 0.436 e. The van der Waals surface area contributed by atoms with E-state index >= 15 is 0 Å². The summed E-state index contributed by atoms with van der Waals surface area (Å²) in [7, 11) is -4.34. The molecule has 1 aromatic heterocycles. The number of amides is 1. The molecule has 1 amide bonds. The number of rotatable bonds is 9. The number of para-hydroxylation sites is 1. The molecule has 43 heavy (non-hydrogen) atoms. The number of hydrogen-bond donors (Lipinski definition) is 1. The molecular weight excluding hydrogens is 560 g/mol. The summed E-state index contributed by atoms with van der Waals surface area (Å²) in [6.07, 6.45) is 5.74. The Hall–Kier alpha value is -4.95. The average molecular weight is 591 g/mol. The summed E-state index contributed by atoms with van der Waals surface area (Å²) in [5, 5.41) is 0. The second kappa shape index (κ2) is 12.5. The van der Waals surface area contributed by atoms with Crippen molar-refractivity contribution in [3.05, 3.63) is 138 Å². The van der Waals surface area contributed by atoms with Crippen LogP contribution in [-0.2, 0) is 16.7 Å². The molecule has 1 atom stereocenters. The molecule has 0 saturated carbocycles. The third-order valence-corrected chi connectivity index (χ3v) is 8.20. The van der Waals surface area contributed by atoms with Crippen molar-refractivity contribution in [1.29, 1.82) is 0 Å². The molecule has 1 unspecified atom stereocenters. The van der Waals surface area contributed by atoms with E-state index in [1.165, 1.54) is 12.1 Å². The monoisotopic (exact) mass is 590 g/mol. The van der Waals surface area contributed by atoms with Crippen LogP contribution in [-0.4, -0.2) is 19.3 Å². The van der Waals surface area contributed by atoms with Crippen LogP contribution < -0.4 is 8.91 Å². The topological polar surface area (TPSA) is 98.5 Å². The van der Waals surface area contributed by atoms with Crippen LogP contribution in [0.4, 0.5) is 0 Å². The summed E-state index contributed by atoms with van der Waals surface area (Å²) >= 11 is 0. The molecule has 0 bridgehead atoms. The van der Waals surface area contributed by atoms with Crippen molar-refractivity contribution in [1.82, 2.24) is 9.71 Å². The maximum absolute atomic E-state index is 12.9. The number of oxazole rings is 1. The van der Waals surface area contributed by atoms with Crippen LogP contribution in [0.15, 0.2) is 126 Å². The fourth-order valence-electron chi connectivity index (χ4n) is 5.36. The summed E-state index contributed by atoms with van der Waals surface area (Å²) in [4.78, 5) is 17.9. The molecule has 4 aromatic carbocycles. The van der Waals surface area contributed by atoms with E-state index in [2.05, 4.69) is 6.08 Å². The molecule has 5 aromatic rings. The highest BCUT2D eigenvalue weighted by atomic mass is 32.2. The summed E-state index contributed by atoms with van der Waals surface area (Å²) in [6.45, 7) is 0. The van der Waals surface area contributed by atoms with Crippen LogP contribution in [0.2, 0.25) is 0 Å². The number of nitrogens with zero attached hydrogens (tertiary/aromatic N) is 1. The smallest absolute Gasteiger partial charge is 0.409 e. The number of hydrogen-bond acceptors (Lipinski definition) is 6. The second-order valence-electron chi connectivity index (χ2n) is 10.4. The Balaban J connectivity index is 1.24. The average Bonchev–Trinajstić information content (AvgIpc) is 3.48. The van der Waals surface area contributed by atoms with Gasteiger partial charge in [0.1, 0.15) is 11.4 Å². The zero-order valence-corrected chi connectivity index (χ0v) is 24.2. The molecule has 8 heteroatoms. The van der Waals surface area contributed by atoms with Gasteiger partial charge in [-0.1, -0.05) is 97.1 Å². The molecule has 0 spiro atoms. The first-order valence-electron chi connectivity index (χ1n) is 14.2. The fourth-order valence-corrected chi connectivity index (χ4v) is 6.11. The lowest BCUT2D eigenvalue weighted by molar-refractivity contribution is 0.0979. The summed E-state index contributed by atoms with van der Waals surface area (Å²) in [5.41, 5.74) is 4.91. The van der Waals surface area contributed by atoms with Gasteiger partial charge in [-0.05, 0) is 61.4 Å². The number of benzene rings is 4. The Morgan fingerprint density at radius 3 is 2.26 bits per heavy atom. The van der Waals surface area contributed by atoms with Gasteiger partial charge in [-0.15, -0.1) is 0 Å². The molecule has 7 nitrogen and oxygen atoms in total. The summed E-state index contributed by atoms with van der Waals surface area (Å²) < 4.78 is 38.4. The van der Waals surface area contributed by atoms with Crippen molar-refractivity contribution in [2.45, 2.75) is 25.7 Å². The minimum Gasteiger partial charge on any atom is -0.436 e. The molecule has 0 fully saturated rings. The van der Waals surface area contributed by atoms with Crippen molar-refractivity contribution < 1.29 is 21.8 Å². The number of nitrogens with one attached hydrogen (secondary N) is 1. The lowest BCUT2D eigenvalue weighted by Crippen LogP contribution is -2.34. The van der Waals surface area contributed by atoms with Crippen molar-refractivity contribution >= 4 is 21.8 Å². The van der Waals surface area contributed by atoms with Crippen molar-refractivity contribution in [2.24, 2.45) is 5.92 Å². The normalized spacial score (nSPS) is 15.0. The molecule has 6 rings (SSSR count). The van der Waals surface area contributed by atoms with Crippen LogP contribution in [0, 0.1) is 5.92 Å². The highest BCUT2D eigenvalue weighted by Crippen LogP contribution is 2.40. The number of aromatic nitrogens is 1. The van der Waals surface area contributed by atoms with Gasteiger partial charge >= 0.3 is 10.3 Å². The molecule has 1 heterocycles. The standard InChI is InChI=1S/C35H30N2O5S/c38-34(37-43(39,40)42-30-20-8-3-9-21-30)29-19-12-13-25(24-29)23-28-18-10-11-22-31(28)35-36-32(26-14-4-1-5-15-26)33(41-35)27-16-6-2-7-17-27/h1-9,12-17,19-22,24,28H,10-11,18,23H2,(H,37,38). The van der Waals surface area contributed by atoms with Gasteiger partial charge in [0.2, 0.25) is 5.89 Å². The van der Waals surface area contributed by atoms with Gasteiger partial charge < -0.3 is 8.60 Å². The Morgan fingerprint density at radius 1 is 0.860 bits per heavy atom. The predicted molar refractivity (Wildman–Crippen MR) is 166 cm³/mol. The van der Waals surface area contributed by atoms with Gasteiger partial charge in [0.05, 0.1) is 0 Å². The molecular formula is C35H30N2O5S. The molecule has 0 aliphatic heterocycles. The predicted octanol–water partition coefficient (Wildman–Crippen LogP) is 7.49. The van der Waals surface area contributed by atoms with E-state index in [9.17, 15) is 13.2 Å². The SMILES string of the molecule is O=C(NS(=O)(=O)Oc1ccccc1)c1cccc(CC2CCCC=C2c2nc(-c3ccccc3)c(-c3ccccc3)o2)c1. The van der Waals surface area contributed by atoms with Crippen LogP contribution >= 0.6 is 0 Å². The van der Waals surface area contributed by atoms with E-state index in [0.717, 1.165) is 53.0 Å². The zero-order chi connectivity index (χ0) is 29.6. The highest BCUT2D eigenvalue weighted by Gasteiger charge is 2.27. The van der Waals surface area contributed by atoms with Gasteiger partial charge in [-0.25, -0.2) is 9.71 Å². The maximum atomic E-state index is 12.9. The van der Waals surface area contributed by atoms with Crippen LogP contribution in [0.5, 0.6) is 5.75 Å². The lowest BCUT2D eigenvalue weighted by atomic mass is 9.83. The Kier molecular flexibility index (Phi) is 8.20. The highest BCUT2D eigenvalue weighted by molar-refractivity contribution is 7.85. The first-order chi connectivity index (χ1) is 20.9. The van der Waals surface area contributed by atoms with E-state index in [4.69, 9.17) is 13.6 Å². The quantitative estimate of drug-likeness (QED) is 0.191. The molecule has 0 saturated heterocycles. The summed E-state index contributed by atoms with van der Waals surface area (Å²) in [5.74, 6) is 0.795. The minimum atomic E-state index is -4.34. The van der Waals surface area contributed by atoms with Gasteiger partial charge in [0.15, 0.2) is 5.76 Å². The lowest BCUT2D eigenvalue weighted by Gasteiger charge is -2.22.